The Kier molecular flexibility index (Phi) is 3.70. The normalized spacial score (nSPS) is 17.1. The van der Waals surface area contributed by atoms with Crippen molar-refractivity contribution in [2.24, 2.45) is 5.92 Å². The minimum Gasteiger partial charge on any atom is -0.244 e. The minimum absolute atomic E-state index is 0.197. The summed E-state index contributed by atoms with van der Waals surface area (Å²) in [7, 11) is -1.81. The lowest BCUT2D eigenvalue weighted by Gasteiger charge is -2.29. The summed E-state index contributed by atoms with van der Waals surface area (Å²) in [5.41, 5.74) is 0. The maximum atomic E-state index is 12.2. The van der Waals surface area contributed by atoms with Gasteiger partial charge < -0.3 is 0 Å². The molecule has 0 atom stereocenters. The van der Waals surface area contributed by atoms with Crippen molar-refractivity contribution in [1.82, 2.24) is 9.29 Å². The zero-order chi connectivity index (χ0) is 12.5. The molecule has 0 amide bonds. The van der Waals surface area contributed by atoms with Crippen LogP contribution in [0.15, 0.2) is 23.2 Å². The molecule has 6 heteroatoms. The van der Waals surface area contributed by atoms with Crippen molar-refractivity contribution in [3.8, 4) is 0 Å². The number of sulfonamides is 1. The van der Waals surface area contributed by atoms with Gasteiger partial charge in [-0.2, -0.15) is 0 Å². The third-order valence-electron chi connectivity index (χ3n) is 3.15. The lowest BCUT2D eigenvalue weighted by Crippen LogP contribution is -2.34. The lowest BCUT2D eigenvalue weighted by molar-refractivity contribution is 0.263. The smallest absolute Gasteiger partial charge is 0.242 e. The first-order valence-corrected chi connectivity index (χ1v) is 7.40. The van der Waals surface area contributed by atoms with Crippen molar-refractivity contribution in [3.63, 3.8) is 0 Å². The number of aromatic nitrogens is 1. The Morgan fingerprint density at radius 2 is 2.24 bits per heavy atom. The molecular formula is C11H15ClN2O2S. The van der Waals surface area contributed by atoms with E-state index in [2.05, 4.69) is 4.98 Å². The standard InChI is InChI=1S/C11H15ClN2O2S/c1-14(8-9-3-2-4-9)17(15,16)10-5-6-13-11(12)7-10/h5-7,9H,2-4,8H2,1H3. The van der Waals surface area contributed by atoms with E-state index in [1.54, 1.807) is 7.05 Å². The quantitative estimate of drug-likeness (QED) is 0.791. The second-order valence-electron chi connectivity index (χ2n) is 4.40. The van der Waals surface area contributed by atoms with Gasteiger partial charge in [-0.05, 0) is 30.9 Å². The molecule has 1 fully saturated rings. The third-order valence-corrected chi connectivity index (χ3v) is 5.17. The van der Waals surface area contributed by atoms with Gasteiger partial charge in [0.25, 0.3) is 0 Å². The summed E-state index contributed by atoms with van der Waals surface area (Å²) < 4.78 is 25.8. The van der Waals surface area contributed by atoms with Crippen LogP contribution >= 0.6 is 11.6 Å². The highest BCUT2D eigenvalue weighted by Gasteiger charge is 2.26. The maximum Gasteiger partial charge on any atom is 0.242 e. The van der Waals surface area contributed by atoms with Crippen LogP contribution in [0.5, 0.6) is 0 Å². The molecule has 0 saturated heterocycles. The number of hydrogen-bond donors (Lipinski definition) is 0. The summed E-state index contributed by atoms with van der Waals surface area (Å²) in [4.78, 5) is 3.99. The fourth-order valence-electron chi connectivity index (χ4n) is 1.86. The van der Waals surface area contributed by atoms with Crippen molar-refractivity contribution in [2.45, 2.75) is 24.2 Å². The van der Waals surface area contributed by atoms with Crippen LogP contribution < -0.4 is 0 Å². The largest absolute Gasteiger partial charge is 0.244 e. The van der Waals surface area contributed by atoms with E-state index in [-0.39, 0.29) is 10.0 Å². The summed E-state index contributed by atoms with van der Waals surface area (Å²) in [6, 6.07) is 2.85. The van der Waals surface area contributed by atoms with Crippen molar-refractivity contribution in [1.29, 1.82) is 0 Å². The maximum absolute atomic E-state index is 12.2. The highest BCUT2D eigenvalue weighted by molar-refractivity contribution is 7.89. The fourth-order valence-corrected chi connectivity index (χ4v) is 3.36. The Morgan fingerprint density at radius 3 is 2.76 bits per heavy atom. The van der Waals surface area contributed by atoms with Gasteiger partial charge in [0, 0.05) is 19.8 Å². The first kappa shape index (κ1) is 12.8. The SMILES string of the molecule is CN(CC1CCC1)S(=O)(=O)c1ccnc(Cl)c1. The van der Waals surface area contributed by atoms with Gasteiger partial charge in [0.1, 0.15) is 5.15 Å². The van der Waals surface area contributed by atoms with Crippen molar-refractivity contribution in [3.05, 3.63) is 23.5 Å². The van der Waals surface area contributed by atoms with Gasteiger partial charge in [-0.15, -0.1) is 0 Å². The van der Waals surface area contributed by atoms with E-state index in [0.29, 0.717) is 12.5 Å². The van der Waals surface area contributed by atoms with Crippen LogP contribution in [0.4, 0.5) is 0 Å². The molecule has 1 saturated carbocycles. The molecule has 0 bridgehead atoms. The predicted molar refractivity (Wildman–Crippen MR) is 66.4 cm³/mol. The molecule has 17 heavy (non-hydrogen) atoms. The lowest BCUT2D eigenvalue weighted by atomic mass is 9.86. The highest BCUT2D eigenvalue weighted by atomic mass is 35.5. The van der Waals surface area contributed by atoms with Crippen molar-refractivity contribution >= 4 is 21.6 Å². The van der Waals surface area contributed by atoms with E-state index in [9.17, 15) is 8.42 Å². The van der Waals surface area contributed by atoms with Gasteiger partial charge in [-0.3, -0.25) is 0 Å². The third kappa shape index (κ3) is 2.78. The number of pyridine rings is 1. The molecule has 1 heterocycles. The molecule has 1 aliphatic carbocycles. The number of nitrogens with zero attached hydrogens (tertiary/aromatic N) is 2. The first-order chi connectivity index (χ1) is 8.00. The van der Waals surface area contributed by atoms with Gasteiger partial charge in [0.05, 0.1) is 4.90 Å². The second-order valence-corrected chi connectivity index (χ2v) is 6.83. The zero-order valence-electron chi connectivity index (χ0n) is 9.63. The van der Waals surface area contributed by atoms with Crippen LogP contribution in [-0.2, 0) is 10.0 Å². The number of halogens is 1. The molecule has 4 nitrogen and oxygen atoms in total. The average Bonchev–Trinajstić information content (AvgIpc) is 2.23. The summed E-state index contributed by atoms with van der Waals surface area (Å²) in [5.74, 6) is 0.507. The van der Waals surface area contributed by atoms with Gasteiger partial charge in [0.15, 0.2) is 0 Å². The second kappa shape index (κ2) is 4.92. The molecule has 2 rings (SSSR count). The molecule has 0 radical (unpaired) electrons. The Labute approximate surface area is 107 Å². The summed E-state index contributed by atoms with van der Waals surface area (Å²) in [6.07, 6.45) is 4.86. The molecular weight excluding hydrogens is 260 g/mol. The van der Waals surface area contributed by atoms with E-state index in [0.717, 1.165) is 12.8 Å². The van der Waals surface area contributed by atoms with Crippen LogP contribution in [0.2, 0.25) is 5.15 Å². The van der Waals surface area contributed by atoms with Crippen LogP contribution in [0.3, 0.4) is 0 Å². The molecule has 94 valence electrons. The van der Waals surface area contributed by atoms with Gasteiger partial charge in [-0.1, -0.05) is 18.0 Å². The molecule has 0 N–H and O–H groups in total. The van der Waals surface area contributed by atoms with Crippen molar-refractivity contribution < 1.29 is 8.42 Å². The molecule has 1 aromatic heterocycles. The summed E-state index contributed by atoms with van der Waals surface area (Å²) in [6.45, 7) is 0.586. The molecule has 0 spiro atoms. The van der Waals surface area contributed by atoms with Crippen LogP contribution in [0, 0.1) is 5.92 Å². The zero-order valence-corrected chi connectivity index (χ0v) is 11.2. The fraction of sp³-hybridized carbons (Fsp3) is 0.545. The van der Waals surface area contributed by atoms with E-state index < -0.39 is 10.0 Å². The number of rotatable bonds is 4. The summed E-state index contributed by atoms with van der Waals surface area (Å²) >= 11 is 5.71. The molecule has 0 aliphatic heterocycles. The highest BCUT2D eigenvalue weighted by Crippen LogP contribution is 2.28. The monoisotopic (exact) mass is 274 g/mol. The van der Waals surface area contributed by atoms with Crippen LogP contribution in [0.25, 0.3) is 0 Å². The molecule has 1 aromatic rings. The average molecular weight is 275 g/mol. The van der Waals surface area contributed by atoms with E-state index in [1.807, 2.05) is 0 Å². The van der Waals surface area contributed by atoms with E-state index >= 15 is 0 Å². The number of hydrogen-bond acceptors (Lipinski definition) is 3. The van der Waals surface area contributed by atoms with Crippen molar-refractivity contribution in [2.75, 3.05) is 13.6 Å². The molecule has 1 aliphatic rings. The Balaban J connectivity index is 2.16. The minimum atomic E-state index is -3.42. The first-order valence-electron chi connectivity index (χ1n) is 5.58. The summed E-state index contributed by atoms with van der Waals surface area (Å²) in [5, 5.41) is 0.197. The Hall–Kier alpha value is -0.650. The van der Waals surface area contributed by atoms with Gasteiger partial charge >= 0.3 is 0 Å². The Bertz CT molecular complexity index is 500. The van der Waals surface area contributed by atoms with Gasteiger partial charge in [0.2, 0.25) is 10.0 Å². The van der Waals surface area contributed by atoms with E-state index in [4.69, 9.17) is 11.6 Å². The van der Waals surface area contributed by atoms with E-state index in [1.165, 1.54) is 29.1 Å². The molecule has 0 aromatic carbocycles. The Morgan fingerprint density at radius 1 is 1.53 bits per heavy atom. The van der Waals surface area contributed by atoms with Crippen LogP contribution in [0.1, 0.15) is 19.3 Å². The van der Waals surface area contributed by atoms with Gasteiger partial charge in [-0.25, -0.2) is 17.7 Å². The topological polar surface area (TPSA) is 50.3 Å². The molecule has 0 unspecified atom stereocenters. The predicted octanol–water partition coefficient (Wildman–Crippen LogP) is 2.16. The van der Waals surface area contributed by atoms with Crippen LogP contribution in [-0.4, -0.2) is 31.3 Å².